The van der Waals surface area contributed by atoms with Gasteiger partial charge in [0.1, 0.15) is 0 Å². The molecule has 0 aromatic rings. The van der Waals surface area contributed by atoms with Gasteiger partial charge in [-0.05, 0) is 0 Å². The van der Waals surface area contributed by atoms with Crippen molar-refractivity contribution >= 4 is 56.9 Å². The quantitative estimate of drug-likeness (QED) is 0.143. The van der Waals surface area contributed by atoms with E-state index in [0.717, 1.165) is 0 Å². The summed E-state index contributed by atoms with van der Waals surface area (Å²) in [7, 11) is 0. The largest absolute Gasteiger partial charge is 1.00 e. The third kappa shape index (κ3) is 10.2. The summed E-state index contributed by atoms with van der Waals surface area (Å²) in [5, 5.41) is 75.2. The smallest absolute Gasteiger partial charge is 1.00 e. The summed E-state index contributed by atoms with van der Waals surface area (Å²) in [6, 6.07) is 0. The van der Waals surface area contributed by atoms with Crippen LogP contribution < -0.4 is 69.3 Å². The van der Waals surface area contributed by atoms with E-state index in [4.69, 9.17) is 22.3 Å². The molecule has 8 atom stereocenters. The number of hydrogen-bond donors (Lipinski definition) is 6. The molecule has 2 aliphatic rings. The minimum atomic E-state index is -1.66. The molecule has 30 heavy (non-hydrogen) atoms. The second kappa shape index (κ2) is 17.6. The van der Waals surface area contributed by atoms with Crippen LogP contribution in [0.3, 0.4) is 0 Å². The van der Waals surface area contributed by atoms with Gasteiger partial charge in [-0.3, -0.25) is 0 Å². The van der Waals surface area contributed by atoms with Gasteiger partial charge in [0.15, 0.2) is 0 Å². The van der Waals surface area contributed by atoms with Gasteiger partial charge in [0.05, 0.1) is 0 Å². The number of carbonyl (C=O) groups excluding carboxylic acids is 2. The van der Waals surface area contributed by atoms with Gasteiger partial charge < -0.3 is 0 Å². The SMILES string of the molecule is O=C([O-])[C@@H]1[O][Sb][O][C@H]([C@H](O)CO)[C@@H]1O.O=C([O-])[C@@H]1[O][Sb][O][C@H]([C@H](O)CO)[C@@H]1O.[Na+].[Na+]. The fourth-order valence-electron chi connectivity index (χ4n) is 2.00. The van der Waals surface area contributed by atoms with Crippen LogP contribution in [-0.4, -0.2) is 150 Å². The predicted octanol–water partition coefficient (Wildman–Crippen LogP) is -14.5. The van der Waals surface area contributed by atoms with Crippen LogP contribution in [0, 0.1) is 0 Å². The van der Waals surface area contributed by atoms with Crippen molar-refractivity contribution in [1.29, 1.82) is 0 Å². The van der Waals surface area contributed by atoms with Gasteiger partial charge >= 0.3 is 241 Å². The number of carboxylic acids is 2. The van der Waals surface area contributed by atoms with Gasteiger partial charge in [-0.1, -0.05) is 0 Å². The second-order valence-electron chi connectivity index (χ2n) is 5.46. The Morgan fingerprint density at radius 2 is 1.07 bits per heavy atom. The van der Waals surface area contributed by atoms with Crippen LogP contribution in [0.25, 0.3) is 0 Å². The molecule has 2 heterocycles. The van der Waals surface area contributed by atoms with Gasteiger partial charge in [-0.25, -0.2) is 0 Å². The standard InChI is InChI=1S/2C6H10O7.2Na.2Sb/c2*7-1-2(8)3(9)4(10)5(11)6(12)13;;;;/h2*2-5,7-8,10H,1H2,(H,12,13);;;;/q2*-2;2*+1;2*+2/p-2/t2*2-,3-,4+,5-;;;;/m11..../s1. The summed E-state index contributed by atoms with van der Waals surface area (Å²) in [6.45, 7) is -1.23. The monoisotopic (exact) mass is 674 g/mol. The summed E-state index contributed by atoms with van der Waals surface area (Å²) < 4.78 is 19.2. The summed E-state index contributed by atoms with van der Waals surface area (Å²) in [6.07, 6.45) is -10.9. The Balaban J connectivity index is 0. The van der Waals surface area contributed by atoms with Crippen molar-refractivity contribution in [3.05, 3.63) is 0 Å². The van der Waals surface area contributed by atoms with Crippen molar-refractivity contribution in [3.63, 3.8) is 0 Å². The molecular formula is C12H18Na2O14Sb2. The number of aliphatic hydroxyl groups excluding tert-OH is 6. The van der Waals surface area contributed by atoms with E-state index in [2.05, 4.69) is 0 Å². The molecule has 2 radical (unpaired) electrons. The van der Waals surface area contributed by atoms with E-state index in [1.54, 1.807) is 0 Å². The maximum atomic E-state index is 10.4. The molecule has 6 N–H and O–H groups in total. The molecule has 0 unspecified atom stereocenters. The Labute approximate surface area is 237 Å². The van der Waals surface area contributed by atoms with Crippen LogP contribution in [-0.2, 0) is 21.7 Å². The molecule has 2 fully saturated rings. The fraction of sp³-hybridized carbons (Fsp3) is 0.833. The molecule has 0 aromatic carbocycles. The average Bonchev–Trinajstić information content (AvgIpc) is 2.67. The zero-order valence-electron chi connectivity index (χ0n) is 15.9. The van der Waals surface area contributed by atoms with E-state index in [1.165, 1.54) is 0 Å². The number of hydrogen-bond acceptors (Lipinski definition) is 14. The Morgan fingerprint density at radius 3 is 1.30 bits per heavy atom. The molecule has 14 nitrogen and oxygen atoms in total. The third-order valence-electron chi connectivity index (χ3n) is 3.53. The molecule has 0 amide bonds. The molecule has 2 aliphatic heterocycles. The van der Waals surface area contributed by atoms with Crippen molar-refractivity contribution in [2.24, 2.45) is 0 Å². The molecule has 2 rings (SSSR count). The number of aliphatic carboxylic acids is 2. The van der Waals surface area contributed by atoms with Crippen molar-refractivity contribution in [2.45, 2.75) is 48.8 Å². The van der Waals surface area contributed by atoms with E-state index in [1.807, 2.05) is 0 Å². The van der Waals surface area contributed by atoms with Gasteiger partial charge in [0.2, 0.25) is 0 Å². The molecule has 0 bridgehead atoms. The molecule has 0 aliphatic carbocycles. The van der Waals surface area contributed by atoms with Crippen LogP contribution >= 0.6 is 0 Å². The first-order chi connectivity index (χ1) is 13.1. The van der Waals surface area contributed by atoms with E-state index in [9.17, 15) is 40.2 Å². The van der Waals surface area contributed by atoms with E-state index in [0.29, 0.717) is 0 Å². The van der Waals surface area contributed by atoms with Gasteiger partial charge in [0.25, 0.3) is 0 Å². The predicted molar refractivity (Wildman–Crippen MR) is 79.2 cm³/mol. The topological polar surface area (TPSA) is 239 Å². The van der Waals surface area contributed by atoms with Crippen LogP contribution in [0.1, 0.15) is 0 Å². The molecule has 2 saturated heterocycles. The average molecular weight is 676 g/mol. The maximum absolute atomic E-state index is 10.4. The number of carboxylic acid groups (broad SMARTS) is 2. The molecule has 0 aromatic heterocycles. The zero-order chi connectivity index (χ0) is 21.4. The number of rotatable bonds is 6. The Morgan fingerprint density at radius 1 is 0.767 bits per heavy atom. The first kappa shape index (κ1) is 34.3. The normalized spacial score (nSPS) is 32.9. The maximum Gasteiger partial charge on any atom is 1.00 e. The van der Waals surface area contributed by atoms with Crippen LogP contribution in [0.2, 0.25) is 0 Å². The van der Waals surface area contributed by atoms with E-state index in [-0.39, 0.29) is 59.1 Å². The summed E-state index contributed by atoms with van der Waals surface area (Å²) in [5.41, 5.74) is 0. The molecule has 0 spiro atoms. The first-order valence-electron chi connectivity index (χ1n) is 7.55. The van der Waals surface area contributed by atoms with Crippen LogP contribution in [0.15, 0.2) is 0 Å². The molecule has 162 valence electrons. The van der Waals surface area contributed by atoms with Crippen LogP contribution in [0.4, 0.5) is 0 Å². The van der Waals surface area contributed by atoms with E-state index < -0.39 is 119 Å². The molecule has 18 heteroatoms. The Hall–Kier alpha value is 2.18. The fourth-order valence-corrected chi connectivity index (χ4v) is 6.10. The van der Waals surface area contributed by atoms with Gasteiger partial charge in [-0.2, -0.15) is 0 Å². The van der Waals surface area contributed by atoms with E-state index >= 15 is 0 Å². The van der Waals surface area contributed by atoms with Crippen LogP contribution in [0.5, 0.6) is 0 Å². The minimum Gasteiger partial charge on any atom is 1.00 e. The minimum absolute atomic E-state index is 0. The number of carbonyl (C=O) groups is 2. The Kier molecular flexibility index (Phi) is 20.1. The summed E-state index contributed by atoms with van der Waals surface area (Å²) in [5.74, 6) is -3.10. The summed E-state index contributed by atoms with van der Waals surface area (Å²) >= 11 is -3.32. The second-order valence-corrected chi connectivity index (χ2v) is 8.72. The van der Waals surface area contributed by atoms with Crippen molar-refractivity contribution in [2.75, 3.05) is 13.2 Å². The van der Waals surface area contributed by atoms with Gasteiger partial charge in [0, 0.05) is 0 Å². The number of aliphatic hydroxyl groups is 6. The molecule has 0 saturated carbocycles. The zero-order valence-corrected chi connectivity index (χ0v) is 25.0. The summed E-state index contributed by atoms with van der Waals surface area (Å²) in [4.78, 5) is 20.9. The van der Waals surface area contributed by atoms with Crippen molar-refractivity contribution in [1.82, 2.24) is 0 Å². The van der Waals surface area contributed by atoms with Gasteiger partial charge in [-0.15, -0.1) is 0 Å². The Bertz CT molecular complexity index is 475. The first-order valence-corrected chi connectivity index (χ1v) is 11.7. The third-order valence-corrected chi connectivity index (χ3v) is 7.20. The van der Waals surface area contributed by atoms with Crippen molar-refractivity contribution < 1.29 is 122 Å². The molecular weight excluding hydrogens is 658 g/mol. The van der Waals surface area contributed by atoms with Crippen molar-refractivity contribution in [3.8, 4) is 0 Å².